The third-order valence-electron chi connectivity index (χ3n) is 5.68. The van der Waals surface area contributed by atoms with Crippen LogP contribution < -0.4 is 10.2 Å². The number of anilines is 2. The van der Waals surface area contributed by atoms with Gasteiger partial charge in [0.25, 0.3) is 0 Å². The van der Waals surface area contributed by atoms with E-state index in [4.69, 9.17) is 0 Å². The molecule has 3 aromatic rings. The van der Waals surface area contributed by atoms with E-state index >= 15 is 0 Å². The lowest BCUT2D eigenvalue weighted by atomic mass is 10.1. The van der Waals surface area contributed by atoms with E-state index in [0.29, 0.717) is 5.16 Å². The van der Waals surface area contributed by atoms with Crippen molar-refractivity contribution in [3.8, 4) is 5.69 Å². The molecule has 1 aliphatic rings. The van der Waals surface area contributed by atoms with Gasteiger partial charge >= 0.3 is 0 Å². The number of carbonyl (C=O) groups is 1. The Morgan fingerprint density at radius 3 is 2.45 bits per heavy atom. The molecule has 164 valence electrons. The maximum atomic E-state index is 12.9. The molecule has 8 nitrogen and oxygen atoms in total. The number of thioether (sulfide) groups is 1. The summed E-state index contributed by atoms with van der Waals surface area (Å²) in [5, 5.41) is 16.8. The Morgan fingerprint density at radius 1 is 1.10 bits per heavy atom. The van der Waals surface area contributed by atoms with Crippen molar-refractivity contribution in [2.75, 3.05) is 23.3 Å². The molecule has 31 heavy (non-hydrogen) atoms. The van der Waals surface area contributed by atoms with E-state index in [1.54, 1.807) is 4.68 Å². The molecule has 0 saturated carbocycles. The molecule has 1 aromatic carbocycles. The molecule has 1 atom stereocenters. The summed E-state index contributed by atoms with van der Waals surface area (Å²) in [5.74, 6) is 0.770. The zero-order chi connectivity index (χ0) is 22.0. The molecule has 1 amide bonds. The van der Waals surface area contributed by atoms with E-state index in [2.05, 4.69) is 30.1 Å². The molecule has 1 aliphatic heterocycles. The smallest absolute Gasteiger partial charge is 0.237 e. The zero-order valence-electron chi connectivity index (χ0n) is 18.5. The molecule has 0 aliphatic carbocycles. The number of rotatable bonds is 6. The minimum absolute atomic E-state index is 0.0775. The highest BCUT2D eigenvalue weighted by Gasteiger charge is 2.25. The van der Waals surface area contributed by atoms with Crippen molar-refractivity contribution in [1.82, 2.24) is 24.5 Å². The Morgan fingerprint density at radius 2 is 1.81 bits per heavy atom. The van der Waals surface area contributed by atoms with Crippen LogP contribution in [0.25, 0.3) is 5.69 Å². The van der Waals surface area contributed by atoms with Crippen LogP contribution in [0.5, 0.6) is 0 Å². The van der Waals surface area contributed by atoms with Gasteiger partial charge in [0.1, 0.15) is 0 Å². The number of hydrogen-bond acceptors (Lipinski definition) is 6. The van der Waals surface area contributed by atoms with E-state index in [1.807, 2.05) is 58.2 Å². The largest absolute Gasteiger partial charge is 0.341 e. The van der Waals surface area contributed by atoms with Crippen molar-refractivity contribution >= 4 is 29.3 Å². The number of hydrogen-bond donors (Lipinski definition) is 1. The van der Waals surface area contributed by atoms with Gasteiger partial charge in [-0.05, 0) is 52.2 Å². The highest BCUT2D eigenvalue weighted by atomic mass is 32.2. The summed E-state index contributed by atoms with van der Waals surface area (Å²) < 4.78 is 3.85. The van der Waals surface area contributed by atoms with Crippen LogP contribution in [0, 0.1) is 13.8 Å². The molecule has 0 unspecified atom stereocenters. The predicted octanol–water partition coefficient (Wildman–Crippen LogP) is 3.73. The first-order valence-electron chi connectivity index (χ1n) is 10.7. The number of aromatic nitrogens is 5. The lowest BCUT2D eigenvalue weighted by Crippen LogP contribution is -2.31. The van der Waals surface area contributed by atoms with E-state index < -0.39 is 0 Å². The lowest BCUT2D eigenvalue weighted by Gasteiger charge is -2.28. The first-order valence-corrected chi connectivity index (χ1v) is 11.6. The number of piperidine rings is 1. The van der Waals surface area contributed by atoms with Gasteiger partial charge in [0.2, 0.25) is 11.9 Å². The summed E-state index contributed by atoms with van der Waals surface area (Å²) in [6.07, 6.45) is 3.57. The van der Waals surface area contributed by atoms with Crippen molar-refractivity contribution in [3.05, 3.63) is 41.7 Å². The first kappa shape index (κ1) is 21.4. The van der Waals surface area contributed by atoms with Gasteiger partial charge in [0.15, 0.2) is 5.16 Å². The number of carbonyl (C=O) groups excluding carboxylic acids is 1. The third kappa shape index (κ3) is 4.46. The molecule has 4 rings (SSSR count). The van der Waals surface area contributed by atoms with Crippen LogP contribution in [0.4, 0.5) is 11.6 Å². The molecule has 9 heteroatoms. The average molecular weight is 440 g/mol. The van der Waals surface area contributed by atoms with Crippen molar-refractivity contribution in [2.24, 2.45) is 7.05 Å². The number of aryl methyl sites for hydroxylation is 2. The molecule has 2 aromatic heterocycles. The Balaban J connectivity index is 1.58. The topological polar surface area (TPSA) is 80.9 Å². The molecule has 1 saturated heterocycles. The number of nitrogens with one attached hydrogen (secondary N) is 1. The van der Waals surface area contributed by atoms with E-state index in [-0.39, 0.29) is 11.2 Å². The van der Waals surface area contributed by atoms with E-state index in [1.165, 1.54) is 18.2 Å². The summed E-state index contributed by atoms with van der Waals surface area (Å²) in [6.45, 7) is 7.70. The van der Waals surface area contributed by atoms with Crippen LogP contribution in [0.15, 0.2) is 35.5 Å². The standard InChI is InChI=1S/C22H29N7OS/c1-15-19(16(2)27(4)26-15)23-20(30)17(3)31-22-25-24-21(28-13-9-6-10-14-28)29(22)18-11-7-5-8-12-18/h5,7-8,11-12,17H,6,9-10,13-14H2,1-4H3,(H,23,30)/t17-/m0/s1. The number of benzene rings is 1. The lowest BCUT2D eigenvalue weighted by molar-refractivity contribution is -0.115. The highest BCUT2D eigenvalue weighted by Crippen LogP contribution is 2.31. The minimum atomic E-state index is -0.347. The van der Waals surface area contributed by atoms with Crippen molar-refractivity contribution in [3.63, 3.8) is 0 Å². The molecule has 1 N–H and O–H groups in total. The molecule has 0 spiro atoms. The number of para-hydroxylation sites is 1. The number of nitrogens with zero attached hydrogens (tertiary/aromatic N) is 6. The van der Waals surface area contributed by atoms with Gasteiger partial charge in [-0.1, -0.05) is 30.0 Å². The molecule has 0 bridgehead atoms. The maximum Gasteiger partial charge on any atom is 0.237 e. The fourth-order valence-electron chi connectivity index (χ4n) is 3.83. The van der Waals surface area contributed by atoms with Gasteiger partial charge in [-0.15, -0.1) is 10.2 Å². The van der Waals surface area contributed by atoms with Gasteiger partial charge in [-0.25, -0.2) is 0 Å². The average Bonchev–Trinajstić information content (AvgIpc) is 3.30. The van der Waals surface area contributed by atoms with Crippen molar-refractivity contribution in [2.45, 2.75) is 50.4 Å². The Kier molecular flexibility index (Phi) is 6.31. The van der Waals surface area contributed by atoms with Gasteiger partial charge in [0.05, 0.1) is 28.0 Å². The summed E-state index contributed by atoms with van der Waals surface area (Å²) in [4.78, 5) is 15.2. The quantitative estimate of drug-likeness (QED) is 0.590. The maximum absolute atomic E-state index is 12.9. The van der Waals surface area contributed by atoms with E-state index in [9.17, 15) is 4.79 Å². The predicted molar refractivity (Wildman–Crippen MR) is 124 cm³/mol. The second kappa shape index (κ2) is 9.13. The summed E-state index contributed by atoms with van der Waals surface area (Å²) in [7, 11) is 1.88. The molecular formula is C22H29N7OS. The van der Waals surface area contributed by atoms with Crippen LogP contribution in [-0.4, -0.2) is 48.8 Å². The highest BCUT2D eigenvalue weighted by molar-refractivity contribution is 8.00. The molecule has 1 fully saturated rings. The monoisotopic (exact) mass is 439 g/mol. The second-order valence-electron chi connectivity index (χ2n) is 7.92. The van der Waals surface area contributed by atoms with Gasteiger partial charge < -0.3 is 10.2 Å². The third-order valence-corrected chi connectivity index (χ3v) is 6.72. The fourth-order valence-corrected chi connectivity index (χ4v) is 4.69. The van der Waals surface area contributed by atoms with E-state index in [0.717, 1.165) is 54.6 Å². The summed E-state index contributed by atoms with van der Waals surface area (Å²) in [5.41, 5.74) is 3.52. The Hall–Kier alpha value is -2.81. The van der Waals surface area contributed by atoms with Gasteiger partial charge in [0, 0.05) is 20.1 Å². The fraction of sp³-hybridized carbons (Fsp3) is 0.455. The van der Waals surface area contributed by atoms with Crippen LogP contribution >= 0.6 is 11.8 Å². The van der Waals surface area contributed by atoms with Crippen molar-refractivity contribution in [1.29, 1.82) is 0 Å². The van der Waals surface area contributed by atoms with Gasteiger partial charge in [-0.2, -0.15) is 5.10 Å². The van der Waals surface area contributed by atoms with Crippen LogP contribution in [-0.2, 0) is 11.8 Å². The van der Waals surface area contributed by atoms with Crippen LogP contribution in [0.3, 0.4) is 0 Å². The minimum Gasteiger partial charge on any atom is -0.341 e. The first-order chi connectivity index (χ1) is 15.0. The number of amides is 1. The molecule has 0 radical (unpaired) electrons. The SMILES string of the molecule is Cc1nn(C)c(C)c1NC(=O)[C@H](C)Sc1nnc(N2CCCCC2)n1-c1ccccc1. The van der Waals surface area contributed by atoms with Crippen molar-refractivity contribution < 1.29 is 4.79 Å². The normalized spacial score (nSPS) is 15.2. The second-order valence-corrected chi connectivity index (χ2v) is 9.23. The van der Waals surface area contributed by atoms with Crippen LogP contribution in [0.1, 0.15) is 37.6 Å². The Labute approximate surface area is 187 Å². The summed E-state index contributed by atoms with van der Waals surface area (Å²) >= 11 is 1.42. The Bertz CT molecular complexity index is 1050. The zero-order valence-corrected chi connectivity index (χ0v) is 19.3. The van der Waals surface area contributed by atoms with Gasteiger partial charge in [-0.3, -0.25) is 14.0 Å². The summed E-state index contributed by atoms with van der Waals surface area (Å²) in [6, 6.07) is 10.1. The van der Waals surface area contributed by atoms with Crippen LogP contribution in [0.2, 0.25) is 0 Å². The molecule has 3 heterocycles. The molecular weight excluding hydrogens is 410 g/mol.